The predicted molar refractivity (Wildman–Crippen MR) is 56.3 cm³/mol. The Balaban J connectivity index is 1.92. The Kier molecular flexibility index (Phi) is 2.80. The Hall–Kier alpha value is -0.870. The Morgan fingerprint density at radius 1 is 1.67 bits per heavy atom. The van der Waals surface area contributed by atoms with Gasteiger partial charge < -0.3 is 9.84 Å². The van der Waals surface area contributed by atoms with E-state index in [2.05, 4.69) is 18.9 Å². The zero-order valence-electron chi connectivity index (χ0n) is 9.31. The Morgan fingerprint density at radius 3 is 3.00 bits per heavy atom. The SMILES string of the molecule is CC1(C)CCC(Cn2cc(CO)cn2)O1. The third-order valence-corrected chi connectivity index (χ3v) is 2.81. The molecule has 4 heteroatoms. The first-order valence-corrected chi connectivity index (χ1v) is 5.39. The highest BCUT2D eigenvalue weighted by atomic mass is 16.5. The number of nitrogens with zero attached hydrogens (tertiary/aromatic N) is 2. The molecule has 0 radical (unpaired) electrons. The first-order valence-electron chi connectivity index (χ1n) is 5.39. The van der Waals surface area contributed by atoms with Crippen molar-refractivity contribution in [2.24, 2.45) is 0 Å². The van der Waals surface area contributed by atoms with Gasteiger partial charge in [-0.25, -0.2) is 0 Å². The van der Waals surface area contributed by atoms with Crippen molar-refractivity contribution in [1.29, 1.82) is 0 Å². The summed E-state index contributed by atoms with van der Waals surface area (Å²) in [5.74, 6) is 0. The highest BCUT2D eigenvalue weighted by Gasteiger charge is 2.31. The second-order valence-electron chi connectivity index (χ2n) is 4.77. The topological polar surface area (TPSA) is 47.3 Å². The lowest BCUT2D eigenvalue weighted by Gasteiger charge is -2.19. The van der Waals surface area contributed by atoms with E-state index in [-0.39, 0.29) is 18.3 Å². The van der Waals surface area contributed by atoms with Gasteiger partial charge in [0.05, 0.1) is 31.1 Å². The molecule has 1 fully saturated rings. The lowest BCUT2D eigenvalue weighted by molar-refractivity contribution is -0.0229. The molecule has 0 aromatic carbocycles. The number of hydrogen-bond donors (Lipinski definition) is 1. The van der Waals surface area contributed by atoms with E-state index in [1.165, 1.54) is 0 Å². The van der Waals surface area contributed by atoms with Crippen LogP contribution in [0.5, 0.6) is 0 Å². The van der Waals surface area contributed by atoms with Crippen LogP contribution in [0.15, 0.2) is 12.4 Å². The molecule has 0 amide bonds. The van der Waals surface area contributed by atoms with Crippen molar-refractivity contribution in [2.75, 3.05) is 0 Å². The molecule has 0 bridgehead atoms. The first-order chi connectivity index (χ1) is 7.09. The van der Waals surface area contributed by atoms with Crippen molar-refractivity contribution in [3.8, 4) is 0 Å². The lowest BCUT2D eigenvalue weighted by Crippen LogP contribution is -2.23. The third-order valence-electron chi connectivity index (χ3n) is 2.81. The Labute approximate surface area is 89.9 Å². The maximum absolute atomic E-state index is 8.91. The van der Waals surface area contributed by atoms with E-state index in [9.17, 15) is 0 Å². The van der Waals surface area contributed by atoms with Crippen LogP contribution >= 0.6 is 0 Å². The molecule has 2 rings (SSSR count). The molecule has 4 nitrogen and oxygen atoms in total. The van der Waals surface area contributed by atoms with Gasteiger partial charge in [-0.15, -0.1) is 0 Å². The van der Waals surface area contributed by atoms with Crippen LogP contribution < -0.4 is 0 Å². The van der Waals surface area contributed by atoms with E-state index in [0.717, 1.165) is 24.9 Å². The average Bonchev–Trinajstić information content (AvgIpc) is 2.73. The molecule has 1 saturated heterocycles. The number of hydrogen-bond acceptors (Lipinski definition) is 3. The van der Waals surface area contributed by atoms with Crippen molar-refractivity contribution >= 4 is 0 Å². The van der Waals surface area contributed by atoms with Crippen LogP contribution in [0.1, 0.15) is 32.3 Å². The van der Waals surface area contributed by atoms with E-state index < -0.39 is 0 Å². The summed E-state index contributed by atoms with van der Waals surface area (Å²) in [5.41, 5.74) is 0.865. The summed E-state index contributed by atoms with van der Waals surface area (Å²) >= 11 is 0. The molecule has 1 atom stereocenters. The Bertz CT molecular complexity index is 333. The molecule has 0 aliphatic carbocycles. The van der Waals surface area contributed by atoms with Gasteiger partial charge in [0.15, 0.2) is 0 Å². The average molecular weight is 210 g/mol. The van der Waals surface area contributed by atoms with Gasteiger partial charge in [0, 0.05) is 11.8 Å². The van der Waals surface area contributed by atoms with Crippen LogP contribution in [-0.2, 0) is 17.9 Å². The zero-order chi connectivity index (χ0) is 10.9. The highest BCUT2D eigenvalue weighted by molar-refractivity contribution is 5.01. The smallest absolute Gasteiger partial charge is 0.0779 e. The molecular weight excluding hydrogens is 192 g/mol. The van der Waals surface area contributed by atoms with Crippen LogP contribution in [0.25, 0.3) is 0 Å². The van der Waals surface area contributed by atoms with E-state index in [1.54, 1.807) is 6.20 Å². The van der Waals surface area contributed by atoms with E-state index in [0.29, 0.717) is 0 Å². The molecule has 15 heavy (non-hydrogen) atoms. The summed E-state index contributed by atoms with van der Waals surface area (Å²) < 4.78 is 7.72. The van der Waals surface area contributed by atoms with Crippen LogP contribution in [0.3, 0.4) is 0 Å². The second-order valence-corrected chi connectivity index (χ2v) is 4.77. The van der Waals surface area contributed by atoms with Gasteiger partial charge in [0.2, 0.25) is 0 Å². The van der Waals surface area contributed by atoms with Crippen LogP contribution in [0.2, 0.25) is 0 Å². The second kappa shape index (κ2) is 3.94. The minimum atomic E-state index is 0.0115. The summed E-state index contributed by atoms with van der Waals surface area (Å²) in [4.78, 5) is 0. The summed E-state index contributed by atoms with van der Waals surface area (Å²) in [6, 6.07) is 0. The summed E-state index contributed by atoms with van der Waals surface area (Å²) in [7, 11) is 0. The first kappa shape index (κ1) is 10.6. The number of aliphatic hydroxyl groups excluding tert-OH is 1. The number of aromatic nitrogens is 2. The fraction of sp³-hybridized carbons (Fsp3) is 0.727. The molecule has 1 aliphatic heterocycles. The normalized spacial score (nSPS) is 24.6. The maximum Gasteiger partial charge on any atom is 0.0779 e. The number of aliphatic hydroxyl groups is 1. The van der Waals surface area contributed by atoms with Crippen LogP contribution in [0.4, 0.5) is 0 Å². The van der Waals surface area contributed by atoms with Gasteiger partial charge >= 0.3 is 0 Å². The van der Waals surface area contributed by atoms with Crippen molar-refractivity contribution in [3.05, 3.63) is 18.0 Å². The molecule has 1 aromatic heterocycles. The molecule has 1 unspecified atom stereocenters. The molecule has 1 aliphatic rings. The molecule has 84 valence electrons. The fourth-order valence-corrected chi connectivity index (χ4v) is 2.00. The van der Waals surface area contributed by atoms with Gasteiger partial charge in [0.1, 0.15) is 0 Å². The van der Waals surface area contributed by atoms with Crippen LogP contribution in [-0.4, -0.2) is 26.6 Å². The number of ether oxygens (including phenoxy) is 1. The molecule has 2 heterocycles. The zero-order valence-corrected chi connectivity index (χ0v) is 9.31. The van der Waals surface area contributed by atoms with Crippen molar-refractivity contribution in [2.45, 2.75) is 51.5 Å². The van der Waals surface area contributed by atoms with Crippen molar-refractivity contribution in [1.82, 2.24) is 9.78 Å². The van der Waals surface area contributed by atoms with Gasteiger partial charge in [-0.2, -0.15) is 5.10 Å². The summed E-state index contributed by atoms with van der Waals surface area (Å²) in [6.07, 6.45) is 6.01. The lowest BCUT2D eigenvalue weighted by atomic mass is 10.1. The van der Waals surface area contributed by atoms with E-state index in [4.69, 9.17) is 9.84 Å². The maximum atomic E-state index is 8.91. The van der Waals surface area contributed by atoms with Gasteiger partial charge in [-0.05, 0) is 26.7 Å². The minimum absolute atomic E-state index is 0.0115. The van der Waals surface area contributed by atoms with Gasteiger partial charge in [-0.3, -0.25) is 4.68 Å². The fourth-order valence-electron chi connectivity index (χ4n) is 2.00. The van der Waals surface area contributed by atoms with Crippen molar-refractivity contribution in [3.63, 3.8) is 0 Å². The molecule has 0 spiro atoms. The monoisotopic (exact) mass is 210 g/mol. The number of rotatable bonds is 3. The quantitative estimate of drug-likeness (QED) is 0.818. The summed E-state index contributed by atoms with van der Waals surface area (Å²) in [5, 5.41) is 13.1. The van der Waals surface area contributed by atoms with Crippen LogP contribution in [0, 0.1) is 0 Å². The largest absolute Gasteiger partial charge is 0.392 e. The predicted octanol–water partition coefficient (Wildman–Crippen LogP) is 1.33. The minimum Gasteiger partial charge on any atom is -0.392 e. The highest BCUT2D eigenvalue weighted by Crippen LogP contribution is 2.29. The molecule has 1 N–H and O–H groups in total. The molecule has 0 saturated carbocycles. The third kappa shape index (κ3) is 2.58. The van der Waals surface area contributed by atoms with Crippen molar-refractivity contribution < 1.29 is 9.84 Å². The standard InChI is InChI=1S/C11H18N2O2/c1-11(2)4-3-10(15-11)7-13-6-9(8-14)5-12-13/h5-6,10,14H,3-4,7-8H2,1-2H3. The van der Waals surface area contributed by atoms with E-state index in [1.807, 2.05) is 10.9 Å². The Morgan fingerprint density at radius 2 is 2.47 bits per heavy atom. The molecule has 1 aromatic rings. The molecular formula is C11H18N2O2. The van der Waals surface area contributed by atoms with Gasteiger partial charge in [-0.1, -0.05) is 0 Å². The summed E-state index contributed by atoms with van der Waals surface area (Å²) in [6.45, 7) is 5.07. The van der Waals surface area contributed by atoms with Gasteiger partial charge in [0.25, 0.3) is 0 Å². The van der Waals surface area contributed by atoms with E-state index >= 15 is 0 Å².